The van der Waals surface area contributed by atoms with Gasteiger partial charge >= 0.3 is 12.1 Å². The summed E-state index contributed by atoms with van der Waals surface area (Å²) in [7, 11) is 0. The topological polar surface area (TPSA) is 48.1 Å². The van der Waals surface area contributed by atoms with Gasteiger partial charge in [0.1, 0.15) is 6.61 Å². The highest BCUT2D eigenvalue weighted by molar-refractivity contribution is 5.13. The molecule has 1 heterocycles. The maximum atomic E-state index is 12.5. The van der Waals surface area contributed by atoms with E-state index in [4.69, 9.17) is 5.73 Å². The molecule has 1 aromatic heterocycles. The summed E-state index contributed by atoms with van der Waals surface area (Å²) in [5, 5.41) is 0. The Bertz CT molecular complexity index is 377. The highest BCUT2D eigenvalue weighted by Crippen LogP contribution is 2.35. The third kappa shape index (κ3) is 3.88. The van der Waals surface area contributed by atoms with Crippen LogP contribution < -0.4 is 5.73 Å². The highest BCUT2D eigenvalue weighted by atomic mass is 19.4. The number of pyridine rings is 1. The molecule has 0 aromatic carbocycles. The molecule has 2 N–H and O–H groups in total. The van der Waals surface area contributed by atoms with Gasteiger partial charge in [-0.05, 0) is 11.6 Å². The van der Waals surface area contributed by atoms with E-state index in [1.807, 2.05) is 0 Å². The molecule has 0 fully saturated rings. The number of nitrogens with two attached hydrogens (primary N) is 1. The monoisotopic (exact) mass is 270 g/mol. The van der Waals surface area contributed by atoms with Gasteiger partial charge < -0.3 is 10.5 Å². The fourth-order valence-electron chi connectivity index (χ4n) is 1.03. The standard InChI is InChI=1S/C10H11F5N2O/c11-9(12,10(13,14)15)6-18-5-8-2-1-7(3-16)4-17-8/h1-2,4H,3,5-6,16H2. The summed E-state index contributed by atoms with van der Waals surface area (Å²) in [4.78, 5) is 3.80. The third-order valence-corrected chi connectivity index (χ3v) is 2.07. The lowest BCUT2D eigenvalue weighted by Gasteiger charge is -2.19. The first kappa shape index (κ1) is 14.8. The number of nitrogens with zero attached hydrogens (tertiary/aromatic N) is 1. The van der Waals surface area contributed by atoms with Crippen LogP contribution in [0.4, 0.5) is 22.0 Å². The smallest absolute Gasteiger partial charge is 0.369 e. The first-order valence-corrected chi connectivity index (χ1v) is 4.92. The lowest BCUT2D eigenvalue weighted by molar-refractivity contribution is -0.297. The van der Waals surface area contributed by atoms with Gasteiger partial charge in [0.25, 0.3) is 0 Å². The van der Waals surface area contributed by atoms with Crippen LogP contribution in [0.5, 0.6) is 0 Å². The molecule has 1 aromatic rings. The van der Waals surface area contributed by atoms with Crippen molar-refractivity contribution in [1.82, 2.24) is 4.98 Å². The number of alkyl halides is 5. The number of aromatic nitrogens is 1. The molecular formula is C10H11F5N2O. The maximum Gasteiger partial charge on any atom is 0.455 e. The van der Waals surface area contributed by atoms with Crippen molar-refractivity contribution in [2.45, 2.75) is 25.3 Å². The van der Waals surface area contributed by atoms with Gasteiger partial charge in [0.05, 0.1) is 12.3 Å². The van der Waals surface area contributed by atoms with E-state index in [2.05, 4.69) is 9.72 Å². The van der Waals surface area contributed by atoms with Crippen LogP contribution in [0.15, 0.2) is 18.3 Å². The molecule has 8 heteroatoms. The summed E-state index contributed by atoms with van der Waals surface area (Å²) < 4.78 is 64.6. The van der Waals surface area contributed by atoms with Gasteiger partial charge in [-0.1, -0.05) is 6.07 Å². The fourth-order valence-corrected chi connectivity index (χ4v) is 1.03. The zero-order valence-corrected chi connectivity index (χ0v) is 9.18. The summed E-state index contributed by atoms with van der Waals surface area (Å²) in [6.45, 7) is -1.88. The second kappa shape index (κ2) is 5.57. The molecule has 1 rings (SSSR count). The predicted molar refractivity (Wildman–Crippen MR) is 52.8 cm³/mol. The average Bonchev–Trinajstić information content (AvgIpc) is 2.28. The van der Waals surface area contributed by atoms with Crippen LogP contribution in [0.1, 0.15) is 11.3 Å². The molecule has 0 aliphatic heterocycles. The molecule has 0 amide bonds. The van der Waals surface area contributed by atoms with Crippen molar-refractivity contribution in [1.29, 1.82) is 0 Å². The van der Waals surface area contributed by atoms with E-state index in [0.717, 1.165) is 5.56 Å². The molecule has 0 aliphatic carbocycles. The van der Waals surface area contributed by atoms with E-state index in [9.17, 15) is 22.0 Å². The Morgan fingerprint density at radius 3 is 2.28 bits per heavy atom. The average molecular weight is 270 g/mol. The van der Waals surface area contributed by atoms with Crippen molar-refractivity contribution in [3.05, 3.63) is 29.6 Å². The van der Waals surface area contributed by atoms with Crippen LogP contribution in [0.2, 0.25) is 0 Å². The second-order valence-electron chi connectivity index (χ2n) is 3.56. The summed E-state index contributed by atoms with van der Waals surface area (Å²) in [5.41, 5.74) is 6.29. The zero-order valence-electron chi connectivity index (χ0n) is 9.18. The Balaban J connectivity index is 2.46. The summed E-state index contributed by atoms with van der Waals surface area (Å²) in [6, 6.07) is 3.04. The number of rotatable bonds is 5. The molecule has 0 spiro atoms. The molecule has 0 aliphatic rings. The summed E-state index contributed by atoms with van der Waals surface area (Å²) >= 11 is 0. The Morgan fingerprint density at radius 2 is 1.83 bits per heavy atom. The number of hydrogen-bond acceptors (Lipinski definition) is 3. The number of ether oxygens (including phenoxy) is 1. The van der Waals surface area contributed by atoms with Gasteiger partial charge in [0, 0.05) is 12.7 Å². The normalized spacial score (nSPS) is 12.8. The van der Waals surface area contributed by atoms with Crippen molar-refractivity contribution in [3.8, 4) is 0 Å². The highest BCUT2D eigenvalue weighted by Gasteiger charge is 2.57. The van der Waals surface area contributed by atoms with Crippen LogP contribution in [-0.2, 0) is 17.9 Å². The SMILES string of the molecule is NCc1ccc(COCC(F)(F)C(F)(F)F)nc1. The van der Waals surface area contributed by atoms with Crippen molar-refractivity contribution >= 4 is 0 Å². The predicted octanol–water partition coefficient (Wildman–Crippen LogP) is 2.25. The Morgan fingerprint density at radius 1 is 1.17 bits per heavy atom. The fraction of sp³-hybridized carbons (Fsp3) is 0.500. The number of halogens is 5. The van der Waals surface area contributed by atoms with Crippen molar-refractivity contribution in [2.75, 3.05) is 6.61 Å². The largest absolute Gasteiger partial charge is 0.455 e. The van der Waals surface area contributed by atoms with Gasteiger partial charge in [0.15, 0.2) is 0 Å². The molecule has 0 bridgehead atoms. The van der Waals surface area contributed by atoms with Crippen molar-refractivity contribution in [2.24, 2.45) is 5.73 Å². The first-order valence-electron chi connectivity index (χ1n) is 4.92. The molecular weight excluding hydrogens is 259 g/mol. The van der Waals surface area contributed by atoms with E-state index in [1.165, 1.54) is 12.3 Å². The van der Waals surface area contributed by atoms with E-state index < -0.39 is 25.3 Å². The Labute approximate surface area is 99.8 Å². The molecule has 0 radical (unpaired) electrons. The summed E-state index contributed by atoms with van der Waals surface area (Å²) in [6.07, 6.45) is -4.20. The van der Waals surface area contributed by atoms with E-state index in [1.54, 1.807) is 6.07 Å². The quantitative estimate of drug-likeness (QED) is 0.835. The van der Waals surface area contributed by atoms with Crippen LogP contribution in [0, 0.1) is 0 Å². The van der Waals surface area contributed by atoms with Gasteiger partial charge in [-0.25, -0.2) is 0 Å². The second-order valence-corrected chi connectivity index (χ2v) is 3.56. The minimum absolute atomic E-state index is 0.255. The van der Waals surface area contributed by atoms with Gasteiger partial charge in [-0.15, -0.1) is 0 Å². The van der Waals surface area contributed by atoms with Gasteiger partial charge in [0.2, 0.25) is 0 Å². The van der Waals surface area contributed by atoms with Crippen LogP contribution in [-0.4, -0.2) is 23.7 Å². The van der Waals surface area contributed by atoms with Gasteiger partial charge in [-0.3, -0.25) is 4.98 Å². The van der Waals surface area contributed by atoms with Crippen molar-refractivity contribution in [3.63, 3.8) is 0 Å². The summed E-state index contributed by atoms with van der Waals surface area (Å²) in [5.74, 6) is -4.86. The molecule has 0 atom stereocenters. The lowest BCUT2D eigenvalue weighted by Crippen LogP contribution is -2.40. The Hall–Kier alpha value is -1.28. The van der Waals surface area contributed by atoms with E-state index >= 15 is 0 Å². The number of hydrogen-bond donors (Lipinski definition) is 1. The molecule has 102 valence electrons. The minimum Gasteiger partial charge on any atom is -0.369 e. The lowest BCUT2D eigenvalue weighted by atomic mass is 10.2. The molecule has 0 unspecified atom stereocenters. The molecule has 0 saturated carbocycles. The first-order chi connectivity index (χ1) is 8.26. The minimum atomic E-state index is -5.61. The third-order valence-electron chi connectivity index (χ3n) is 2.07. The van der Waals surface area contributed by atoms with Crippen LogP contribution >= 0.6 is 0 Å². The zero-order chi connectivity index (χ0) is 13.8. The maximum absolute atomic E-state index is 12.5. The Kier molecular flexibility index (Phi) is 4.58. The molecule has 0 saturated heterocycles. The molecule has 3 nitrogen and oxygen atoms in total. The molecule has 18 heavy (non-hydrogen) atoms. The van der Waals surface area contributed by atoms with E-state index in [0.29, 0.717) is 0 Å². The van der Waals surface area contributed by atoms with Crippen LogP contribution in [0.25, 0.3) is 0 Å². The van der Waals surface area contributed by atoms with Crippen LogP contribution in [0.3, 0.4) is 0 Å². The van der Waals surface area contributed by atoms with E-state index in [-0.39, 0.29) is 12.2 Å². The van der Waals surface area contributed by atoms with Gasteiger partial charge in [-0.2, -0.15) is 22.0 Å². The van der Waals surface area contributed by atoms with Crippen molar-refractivity contribution < 1.29 is 26.7 Å².